The largest absolute Gasteiger partial charge is 0.473 e. The maximum atomic E-state index is 12.6. The van der Waals surface area contributed by atoms with Gasteiger partial charge in [-0.15, -0.1) is 0 Å². The summed E-state index contributed by atoms with van der Waals surface area (Å²) in [6.07, 6.45) is 11.2. The predicted octanol–water partition coefficient (Wildman–Crippen LogP) is 3.52. The monoisotopic (exact) mass is 481 g/mol. The molecule has 9 nitrogen and oxygen atoms in total. The van der Waals surface area contributed by atoms with Gasteiger partial charge in [0, 0.05) is 18.3 Å². The number of nitrogens with zero attached hydrogens (tertiary/aromatic N) is 3. The fraction of sp³-hybridized carbons (Fsp3) is 0.783. The smallest absolute Gasteiger partial charge is 0.410 e. The molecule has 3 heterocycles. The molecule has 1 aromatic rings. The molecule has 0 aromatic carbocycles. The summed E-state index contributed by atoms with van der Waals surface area (Å²) < 4.78 is 41.0. The summed E-state index contributed by atoms with van der Waals surface area (Å²) in [5.41, 5.74) is -0.480. The first-order valence-corrected chi connectivity index (χ1v) is 13.7. The Kier molecular flexibility index (Phi) is 6.87. The molecule has 1 amide bonds. The van der Waals surface area contributed by atoms with E-state index in [-0.39, 0.29) is 41.5 Å². The van der Waals surface area contributed by atoms with E-state index in [9.17, 15) is 13.2 Å². The predicted molar refractivity (Wildman–Crippen MR) is 121 cm³/mol. The summed E-state index contributed by atoms with van der Waals surface area (Å²) in [4.78, 5) is 22.6. The first kappa shape index (κ1) is 24.2. The Morgan fingerprint density at radius 3 is 2.06 bits per heavy atom. The summed E-state index contributed by atoms with van der Waals surface area (Å²) >= 11 is 0. The third kappa shape index (κ3) is 6.15. The van der Waals surface area contributed by atoms with Gasteiger partial charge in [-0.2, -0.15) is 0 Å². The summed E-state index contributed by atoms with van der Waals surface area (Å²) in [6.45, 7) is 5.71. The van der Waals surface area contributed by atoms with Gasteiger partial charge in [-0.25, -0.2) is 23.2 Å². The average molecular weight is 482 g/mol. The minimum atomic E-state index is -3.37. The van der Waals surface area contributed by atoms with Gasteiger partial charge >= 0.3 is 6.09 Å². The Labute approximate surface area is 196 Å². The van der Waals surface area contributed by atoms with Crippen LogP contribution in [0.4, 0.5) is 4.79 Å². The highest BCUT2D eigenvalue weighted by atomic mass is 32.2. The van der Waals surface area contributed by atoms with Gasteiger partial charge < -0.3 is 19.1 Å². The maximum Gasteiger partial charge on any atom is 0.410 e. The average Bonchev–Trinajstić information content (AvgIpc) is 2.99. The van der Waals surface area contributed by atoms with E-state index in [1.165, 1.54) is 12.4 Å². The lowest BCUT2D eigenvalue weighted by Gasteiger charge is -2.41. The van der Waals surface area contributed by atoms with Crippen molar-refractivity contribution in [3.8, 4) is 5.88 Å². The molecule has 4 rings (SSSR count). The molecule has 2 bridgehead atoms. The zero-order valence-corrected chi connectivity index (χ0v) is 20.7. The van der Waals surface area contributed by atoms with E-state index in [0.29, 0.717) is 5.88 Å². The van der Waals surface area contributed by atoms with Gasteiger partial charge in [0.25, 0.3) is 0 Å². The first-order chi connectivity index (χ1) is 15.5. The van der Waals surface area contributed by atoms with E-state index in [0.717, 1.165) is 57.6 Å². The summed E-state index contributed by atoms with van der Waals surface area (Å²) in [7, 11) is -3.37. The number of piperidine rings is 1. The van der Waals surface area contributed by atoms with Crippen molar-refractivity contribution in [3.05, 3.63) is 12.4 Å². The zero-order chi connectivity index (χ0) is 23.8. The Morgan fingerprint density at radius 1 is 0.939 bits per heavy atom. The standard InChI is InChI=1S/C23H35N3O6S/c1-23(2,3)32-22(27)26-15-5-6-16(26)12-19(11-15)30-17-7-9-18(10-8-17)31-20-13-25-21(14-24-20)33(4,28)29/h13-19H,5-12H2,1-4H3. The van der Waals surface area contributed by atoms with Crippen molar-refractivity contribution in [2.24, 2.45) is 0 Å². The minimum Gasteiger partial charge on any atom is -0.473 e. The second-order valence-electron chi connectivity index (χ2n) is 10.5. The molecule has 0 spiro atoms. The van der Waals surface area contributed by atoms with Crippen LogP contribution in [-0.4, -0.2) is 71.6 Å². The van der Waals surface area contributed by atoms with Crippen LogP contribution in [0, 0.1) is 0 Å². The molecule has 0 radical (unpaired) electrons. The summed E-state index contributed by atoms with van der Waals surface area (Å²) in [5, 5.41) is -0.0568. The van der Waals surface area contributed by atoms with Crippen LogP contribution in [0.3, 0.4) is 0 Å². The number of fused-ring (bicyclic) bond motifs is 2. The maximum absolute atomic E-state index is 12.6. The van der Waals surface area contributed by atoms with E-state index in [1.807, 2.05) is 25.7 Å². The van der Waals surface area contributed by atoms with E-state index >= 15 is 0 Å². The molecule has 1 saturated carbocycles. The molecule has 2 unspecified atom stereocenters. The number of hydrogen-bond acceptors (Lipinski definition) is 8. The second-order valence-corrected chi connectivity index (χ2v) is 12.4. The molecule has 2 atom stereocenters. The summed E-state index contributed by atoms with van der Waals surface area (Å²) in [5.74, 6) is 0.345. The number of hydrogen-bond donors (Lipinski definition) is 0. The Morgan fingerprint density at radius 2 is 1.55 bits per heavy atom. The van der Waals surface area contributed by atoms with Crippen molar-refractivity contribution >= 4 is 15.9 Å². The highest BCUT2D eigenvalue weighted by molar-refractivity contribution is 7.90. The van der Waals surface area contributed by atoms with Crippen LogP contribution in [0.5, 0.6) is 5.88 Å². The van der Waals surface area contributed by atoms with E-state index in [4.69, 9.17) is 14.2 Å². The minimum absolute atomic E-state index is 0.0217. The van der Waals surface area contributed by atoms with Gasteiger partial charge in [-0.05, 0) is 72.1 Å². The van der Waals surface area contributed by atoms with Crippen molar-refractivity contribution in [1.82, 2.24) is 14.9 Å². The Balaban J connectivity index is 1.23. The van der Waals surface area contributed by atoms with Crippen LogP contribution in [0.1, 0.15) is 72.1 Å². The fourth-order valence-electron chi connectivity index (χ4n) is 5.14. The lowest BCUT2D eigenvalue weighted by atomic mass is 9.93. The normalized spacial score (nSPS) is 30.2. The van der Waals surface area contributed by atoms with Gasteiger partial charge in [0.2, 0.25) is 5.88 Å². The molecule has 3 aliphatic rings. The number of rotatable bonds is 5. The molecule has 1 aliphatic carbocycles. The molecule has 0 N–H and O–H groups in total. The van der Waals surface area contributed by atoms with Gasteiger partial charge in [0.1, 0.15) is 11.7 Å². The van der Waals surface area contributed by atoms with Crippen molar-refractivity contribution in [3.63, 3.8) is 0 Å². The molecule has 33 heavy (non-hydrogen) atoms. The lowest BCUT2D eigenvalue weighted by molar-refractivity contribution is -0.0815. The van der Waals surface area contributed by atoms with Crippen molar-refractivity contribution in [1.29, 1.82) is 0 Å². The molecule has 1 aromatic heterocycles. The van der Waals surface area contributed by atoms with Crippen molar-refractivity contribution < 1.29 is 27.4 Å². The SMILES string of the molecule is CC(C)(C)OC(=O)N1C2CCC1CC(OC1CCC(Oc3cnc(S(C)(=O)=O)cn3)CC1)C2. The topological polar surface area (TPSA) is 108 Å². The van der Waals surface area contributed by atoms with Gasteiger partial charge in [0.05, 0.1) is 24.6 Å². The van der Waals surface area contributed by atoms with E-state index in [1.54, 1.807) is 0 Å². The third-order valence-electron chi connectivity index (χ3n) is 6.57. The van der Waals surface area contributed by atoms with E-state index < -0.39 is 15.4 Å². The lowest BCUT2D eigenvalue weighted by Crippen LogP contribution is -2.50. The third-order valence-corrected chi connectivity index (χ3v) is 7.54. The molecule has 2 aliphatic heterocycles. The number of amides is 1. The molecule has 2 saturated heterocycles. The van der Waals surface area contributed by atoms with Crippen molar-refractivity contribution in [2.75, 3.05) is 6.26 Å². The number of carbonyl (C=O) groups is 1. The highest BCUT2D eigenvalue weighted by Gasteiger charge is 2.45. The van der Waals surface area contributed by atoms with Crippen LogP contribution >= 0.6 is 0 Å². The summed E-state index contributed by atoms with van der Waals surface area (Å²) in [6, 6.07) is 0.411. The van der Waals surface area contributed by atoms with Crippen LogP contribution in [-0.2, 0) is 19.3 Å². The van der Waals surface area contributed by atoms with Crippen molar-refractivity contribution in [2.45, 2.75) is 113 Å². The van der Waals surface area contributed by atoms with Gasteiger partial charge in [-0.3, -0.25) is 0 Å². The second kappa shape index (κ2) is 9.37. The molecular weight excluding hydrogens is 446 g/mol. The molecular formula is C23H35N3O6S. The zero-order valence-electron chi connectivity index (χ0n) is 19.9. The Bertz CT molecular complexity index is 924. The quantitative estimate of drug-likeness (QED) is 0.629. The fourth-order valence-corrected chi connectivity index (χ4v) is 5.63. The van der Waals surface area contributed by atoms with E-state index in [2.05, 4.69) is 9.97 Å². The molecule has 10 heteroatoms. The first-order valence-electron chi connectivity index (χ1n) is 11.8. The van der Waals surface area contributed by atoms with Crippen LogP contribution in [0.25, 0.3) is 0 Å². The van der Waals surface area contributed by atoms with Gasteiger partial charge in [-0.1, -0.05) is 0 Å². The van der Waals surface area contributed by atoms with Gasteiger partial charge in [0.15, 0.2) is 14.9 Å². The van der Waals surface area contributed by atoms with Crippen LogP contribution in [0.2, 0.25) is 0 Å². The molecule has 184 valence electrons. The number of sulfone groups is 1. The van der Waals surface area contributed by atoms with Crippen LogP contribution < -0.4 is 4.74 Å². The highest BCUT2D eigenvalue weighted by Crippen LogP contribution is 2.39. The Hall–Kier alpha value is -1.94. The number of carbonyl (C=O) groups excluding carboxylic acids is 1. The number of aromatic nitrogens is 2. The van der Waals surface area contributed by atoms with Crippen LogP contribution in [0.15, 0.2) is 17.4 Å². The molecule has 3 fully saturated rings. The number of ether oxygens (including phenoxy) is 3.